The van der Waals surface area contributed by atoms with Crippen LogP contribution in [-0.2, 0) is 4.79 Å². The van der Waals surface area contributed by atoms with Crippen LogP contribution in [0.25, 0.3) is 0 Å². The number of thioether (sulfide) groups is 1. The molecule has 0 aliphatic rings. The average molecular weight is 211 g/mol. The zero-order valence-electron chi connectivity index (χ0n) is 7.71. The van der Waals surface area contributed by atoms with Gasteiger partial charge in [0.2, 0.25) is 5.91 Å². The van der Waals surface area contributed by atoms with E-state index in [-0.39, 0.29) is 11.7 Å². The fraction of sp³-hybridized carbons (Fsp3) is 0.100. The van der Waals surface area contributed by atoms with E-state index >= 15 is 0 Å². The minimum atomic E-state index is -0.314. The van der Waals surface area contributed by atoms with Crippen molar-refractivity contribution in [1.82, 2.24) is 0 Å². The van der Waals surface area contributed by atoms with E-state index in [1.165, 1.54) is 36.0 Å². The predicted molar refractivity (Wildman–Crippen MR) is 57.0 cm³/mol. The number of carbonyl (C=O) groups excluding carboxylic acids is 1. The molecule has 1 amide bonds. The second kappa shape index (κ2) is 4.81. The van der Waals surface area contributed by atoms with E-state index in [1.807, 2.05) is 6.26 Å². The van der Waals surface area contributed by atoms with Gasteiger partial charge >= 0.3 is 0 Å². The standard InChI is InChI=1S/C10H10FNOS/c1-3-10(13)12-8-5-4-7(11)6-9(8)14-2/h3-6H,1H2,2H3,(H,12,13). The van der Waals surface area contributed by atoms with Gasteiger partial charge in [-0.05, 0) is 30.5 Å². The van der Waals surface area contributed by atoms with Crippen molar-refractivity contribution in [2.24, 2.45) is 0 Å². The van der Waals surface area contributed by atoms with Crippen molar-refractivity contribution >= 4 is 23.4 Å². The number of halogens is 1. The van der Waals surface area contributed by atoms with Gasteiger partial charge in [0.15, 0.2) is 0 Å². The summed E-state index contributed by atoms with van der Waals surface area (Å²) in [5.74, 6) is -0.613. The Labute approximate surface area is 86.2 Å². The van der Waals surface area contributed by atoms with Crippen LogP contribution in [-0.4, -0.2) is 12.2 Å². The van der Waals surface area contributed by atoms with E-state index in [1.54, 1.807) is 0 Å². The third-order valence-corrected chi connectivity index (χ3v) is 2.38. The SMILES string of the molecule is C=CC(=O)Nc1ccc(F)cc1SC. The summed E-state index contributed by atoms with van der Waals surface area (Å²) >= 11 is 1.37. The van der Waals surface area contributed by atoms with Crippen LogP contribution in [0.3, 0.4) is 0 Å². The number of hydrogen-bond donors (Lipinski definition) is 1. The highest BCUT2D eigenvalue weighted by Gasteiger charge is 2.04. The Morgan fingerprint density at radius 3 is 2.93 bits per heavy atom. The molecule has 14 heavy (non-hydrogen) atoms. The first kappa shape index (κ1) is 10.8. The molecule has 0 radical (unpaired) electrons. The molecule has 1 aromatic carbocycles. The van der Waals surface area contributed by atoms with Gasteiger partial charge in [-0.2, -0.15) is 0 Å². The summed E-state index contributed by atoms with van der Waals surface area (Å²) in [6.07, 6.45) is 2.99. The summed E-state index contributed by atoms with van der Waals surface area (Å²) in [6, 6.07) is 4.21. The van der Waals surface area contributed by atoms with E-state index in [0.29, 0.717) is 10.6 Å². The van der Waals surface area contributed by atoms with Crippen LogP contribution in [0.5, 0.6) is 0 Å². The quantitative estimate of drug-likeness (QED) is 0.615. The lowest BCUT2D eigenvalue weighted by atomic mass is 10.3. The lowest BCUT2D eigenvalue weighted by Gasteiger charge is -2.07. The first-order chi connectivity index (χ1) is 6.67. The molecular formula is C10H10FNOS. The van der Waals surface area contributed by atoms with Crippen molar-refractivity contribution in [2.45, 2.75) is 4.90 Å². The summed E-state index contributed by atoms with van der Waals surface area (Å²) in [5, 5.41) is 2.59. The lowest BCUT2D eigenvalue weighted by Crippen LogP contribution is -2.08. The highest BCUT2D eigenvalue weighted by Crippen LogP contribution is 2.25. The first-order valence-corrected chi connectivity index (χ1v) is 5.17. The average Bonchev–Trinajstić information content (AvgIpc) is 2.20. The van der Waals surface area contributed by atoms with Crippen LogP contribution in [0.4, 0.5) is 10.1 Å². The second-order valence-electron chi connectivity index (χ2n) is 2.54. The van der Waals surface area contributed by atoms with E-state index in [9.17, 15) is 9.18 Å². The van der Waals surface area contributed by atoms with Crippen molar-refractivity contribution < 1.29 is 9.18 Å². The van der Waals surface area contributed by atoms with E-state index < -0.39 is 0 Å². The maximum absolute atomic E-state index is 12.8. The van der Waals surface area contributed by atoms with Gasteiger partial charge in [0.25, 0.3) is 0 Å². The molecule has 1 N–H and O–H groups in total. The largest absolute Gasteiger partial charge is 0.321 e. The number of amides is 1. The van der Waals surface area contributed by atoms with Gasteiger partial charge in [-0.3, -0.25) is 4.79 Å². The van der Waals surface area contributed by atoms with Crippen molar-refractivity contribution in [3.8, 4) is 0 Å². The van der Waals surface area contributed by atoms with Gasteiger partial charge in [0, 0.05) is 4.90 Å². The van der Waals surface area contributed by atoms with Gasteiger partial charge < -0.3 is 5.32 Å². The van der Waals surface area contributed by atoms with Crippen molar-refractivity contribution in [2.75, 3.05) is 11.6 Å². The molecule has 0 aromatic heterocycles. The van der Waals surface area contributed by atoms with Crippen molar-refractivity contribution in [3.63, 3.8) is 0 Å². The number of rotatable bonds is 3. The molecule has 4 heteroatoms. The van der Waals surface area contributed by atoms with Gasteiger partial charge in [0.05, 0.1) is 5.69 Å². The van der Waals surface area contributed by atoms with Gasteiger partial charge in [-0.15, -0.1) is 11.8 Å². The summed E-state index contributed by atoms with van der Waals surface area (Å²) in [7, 11) is 0. The Morgan fingerprint density at radius 2 is 2.36 bits per heavy atom. The molecule has 0 spiro atoms. The first-order valence-electron chi connectivity index (χ1n) is 3.94. The molecule has 0 fully saturated rings. The van der Waals surface area contributed by atoms with Gasteiger partial charge in [-0.1, -0.05) is 6.58 Å². The van der Waals surface area contributed by atoms with E-state index in [4.69, 9.17) is 0 Å². The van der Waals surface area contributed by atoms with E-state index in [0.717, 1.165) is 0 Å². The Bertz CT molecular complexity index is 365. The highest BCUT2D eigenvalue weighted by molar-refractivity contribution is 7.98. The fourth-order valence-electron chi connectivity index (χ4n) is 0.952. The smallest absolute Gasteiger partial charge is 0.247 e. The molecular weight excluding hydrogens is 201 g/mol. The number of carbonyl (C=O) groups is 1. The lowest BCUT2D eigenvalue weighted by molar-refractivity contribution is -0.111. The summed E-state index contributed by atoms with van der Waals surface area (Å²) in [5.41, 5.74) is 0.601. The molecule has 2 nitrogen and oxygen atoms in total. The minimum Gasteiger partial charge on any atom is -0.321 e. The van der Waals surface area contributed by atoms with Crippen LogP contribution in [0.15, 0.2) is 35.7 Å². The second-order valence-corrected chi connectivity index (χ2v) is 3.39. The molecule has 0 aliphatic heterocycles. The number of benzene rings is 1. The Kier molecular flexibility index (Phi) is 3.71. The Morgan fingerprint density at radius 1 is 1.64 bits per heavy atom. The fourth-order valence-corrected chi connectivity index (χ4v) is 1.52. The summed E-state index contributed by atoms with van der Waals surface area (Å²) in [6.45, 7) is 3.34. The number of anilines is 1. The predicted octanol–water partition coefficient (Wildman–Crippen LogP) is 2.67. The Hall–Kier alpha value is -1.29. The zero-order chi connectivity index (χ0) is 10.6. The van der Waals surface area contributed by atoms with Gasteiger partial charge in [0.1, 0.15) is 5.82 Å². The minimum absolute atomic E-state index is 0.299. The monoisotopic (exact) mass is 211 g/mol. The third kappa shape index (κ3) is 2.60. The third-order valence-electron chi connectivity index (χ3n) is 1.61. The zero-order valence-corrected chi connectivity index (χ0v) is 8.53. The maximum Gasteiger partial charge on any atom is 0.247 e. The molecule has 1 rings (SSSR count). The molecule has 1 aromatic rings. The molecule has 0 unspecified atom stereocenters. The maximum atomic E-state index is 12.8. The Balaban J connectivity index is 2.96. The molecule has 0 aliphatic carbocycles. The van der Waals surface area contributed by atoms with Crippen LogP contribution in [0, 0.1) is 5.82 Å². The summed E-state index contributed by atoms with van der Waals surface area (Å²) < 4.78 is 12.8. The molecule has 74 valence electrons. The molecule has 0 atom stereocenters. The van der Waals surface area contributed by atoms with Gasteiger partial charge in [-0.25, -0.2) is 4.39 Å². The topological polar surface area (TPSA) is 29.1 Å². The summed E-state index contributed by atoms with van der Waals surface area (Å²) in [4.78, 5) is 11.7. The molecule has 0 saturated carbocycles. The highest BCUT2D eigenvalue weighted by atomic mass is 32.2. The van der Waals surface area contributed by atoms with Crippen molar-refractivity contribution in [1.29, 1.82) is 0 Å². The molecule has 0 heterocycles. The van der Waals surface area contributed by atoms with E-state index in [2.05, 4.69) is 11.9 Å². The molecule has 0 saturated heterocycles. The molecule has 0 bridgehead atoms. The number of nitrogens with one attached hydrogen (secondary N) is 1. The van der Waals surface area contributed by atoms with Crippen LogP contribution in [0.1, 0.15) is 0 Å². The normalized spacial score (nSPS) is 9.57. The number of hydrogen-bond acceptors (Lipinski definition) is 2. The van der Waals surface area contributed by atoms with Crippen LogP contribution >= 0.6 is 11.8 Å². The van der Waals surface area contributed by atoms with Crippen LogP contribution < -0.4 is 5.32 Å². The van der Waals surface area contributed by atoms with Crippen molar-refractivity contribution in [3.05, 3.63) is 36.7 Å². The van der Waals surface area contributed by atoms with Crippen LogP contribution in [0.2, 0.25) is 0 Å².